The van der Waals surface area contributed by atoms with Gasteiger partial charge >= 0.3 is 48.6 Å². The summed E-state index contributed by atoms with van der Waals surface area (Å²) in [6, 6.07) is 79.7. The van der Waals surface area contributed by atoms with Gasteiger partial charge in [0.15, 0.2) is 0 Å². The third-order valence-corrected chi connectivity index (χ3v) is 18.7. The van der Waals surface area contributed by atoms with E-state index in [-0.39, 0.29) is 47.1 Å². The molecule has 4 heterocycles. The van der Waals surface area contributed by atoms with Crippen LogP contribution in [0.2, 0.25) is 0 Å². The fraction of sp³-hybridized carbons (Fsp3) is 0.0549. The number of allylic oxidation sites excluding steroid dienone is 1. The second kappa shape index (κ2) is 40.5. The van der Waals surface area contributed by atoms with Gasteiger partial charge < -0.3 is 56.6 Å². The summed E-state index contributed by atoms with van der Waals surface area (Å²) in [6.45, 7) is 3.83. The molecule has 0 bridgehead atoms. The van der Waals surface area contributed by atoms with Gasteiger partial charge in [0.2, 0.25) is 0 Å². The van der Waals surface area contributed by atoms with Crippen molar-refractivity contribution in [2.45, 2.75) is 6.42 Å². The molecule has 0 aliphatic carbocycles. The molecule has 16 aromatic rings. The van der Waals surface area contributed by atoms with E-state index in [1.807, 2.05) is 196 Å². The van der Waals surface area contributed by atoms with Gasteiger partial charge in [-0.2, -0.15) is 0 Å². The zero-order valence-electron chi connectivity index (χ0n) is 62.3. The average molecular weight is 1750 g/mol. The number of benzene rings is 12. The van der Waals surface area contributed by atoms with E-state index in [0.29, 0.717) is 68.9 Å². The molecule has 0 fully saturated rings. The third kappa shape index (κ3) is 21.3. The molecule has 1 N–H and O–H groups in total. The van der Waals surface area contributed by atoms with E-state index in [1.54, 1.807) is 79.0 Å². The number of nitrogens with zero attached hydrogens (tertiary/aromatic N) is 4. The van der Waals surface area contributed by atoms with Crippen LogP contribution in [0.25, 0.3) is 60.7 Å². The Morgan fingerprint density at radius 2 is 0.741 bits per heavy atom. The maximum atomic E-state index is 13.1. The molecule has 0 aliphatic rings. The number of rotatable bonds is 17. The van der Waals surface area contributed by atoms with Crippen molar-refractivity contribution in [3.8, 4) is 63.1 Å². The second-order valence-corrected chi connectivity index (χ2v) is 27.0. The predicted octanol–water partition coefficient (Wildman–Crippen LogP) is 23.9. The van der Waals surface area contributed by atoms with Crippen molar-refractivity contribution in [1.29, 1.82) is 0 Å². The van der Waals surface area contributed by atoms with Crippen LogP contribution in [-0.2, 0) is 25.4 Å². The van der Waals surface area contributed by atoms with Crippen LogP contribution in [0.15, 0.2) is 325 Å². The number of carbonyl (C=O) groups is 4. The third-order valence-electron chi connectivity index (χ3n) is 17.4. The number of ether oxygens (including phenoxy) is 8. The molecule has 4 aromatic heterocycles. The molecule has 25 heteroatoms. The average Bonchev–Trinajstić information content (AvgIpc) is 1.62. The minimum absolute atomic E-state index is 0.259. The van der Waals surface area contributed by atoms with Gasteiger partial charge in [0, 0.05) is 77.0 Å². The summed E-state index contributed by atoms with van der Waals surface area (Å²) in [6.07, 6.45) is 10.1. The Hall–Kier alpha value is -13.2. The molecule has 116 heavy (non-hydrogen) atoms. The SMILES string of the molecule is C=CCc1cn(-c2ccc(Oc3ccc(F)cc3)cc2)c2cccc(C(=O)OC)c12.COC(=O)c1cccc2[nH]ccc12.COC(=O)c1cccc2c1c(Br)cn2-c1ccc(Oc2ccc(F)cc2)cc1.COC(=O)c1cccc2c1ccn2-c1ccc(Oc2ccc(F)cc2)cc1.Fc1ccc(Oc2ccc(I)cc2)cc1.[B]=NS. The van der Waals surface area contributed by atoms with Gasteiger partial charge in [-0.3, -0.25) is 0 Å². The fourth-order valence-corrected chi connectivity index (χ4v) is 13.0. The summed E-state index contributed by atoms with van der Waals surface area (Å²) in [4.78, 5) is 50.6. The molecule has 16 rings (SSSR count). The summed E-state index contributed by atoms with van der Waals surface area (Å²) in [5.74, 6) is 2.42. The first-order valence-electron chi connectivity index (χ1n) is 35.2. The summed E-state index contributed by atoms with van der Waals surface area (Å²) in [5.41, 5.74) is 9.55. The Morgan fingerprint density at radius 3 is 1.14 bits per heavy atom. The molecular weight excluding hydrogens is 1680 g/mol. The Morgan fingerprint density at radius 1 is 0.422 bits per heavy atom. The molecule has 0 aliphatic heterocycles. The van der Waals surface area contributed by atoms with Crippen LogP contribution in [0.1, 0.15) is 47.0 Å². The summed E-state index contributed by atoms with van der Waals surface area (Å²) >= 11 is 8.96. The number of hydrogen-bond acceptors (Lipinski definition) is 14. The van der Waals surface area contributed by atoms with E-state index >= 15 is 0 Å². The van der Waals surface area contributed by atoms with Gasteiger partial charge in [-0.1, -0.05) is 30.3 Å². The van der Waals surface area contributed by atoms with Crippen molar-refractivity contribution >= 4 is 126 Å². The molecule has 0 amide bonds. The van der Waals surface area contributed by atoms with Crippen LogP contribution in [0.5, 0.6) is 46.0 Å². The van der Waals surface area contributed by atoms with Crippen LogP contribution in [0.4, 0.5) is 17.6 Å². The van der Waals surface area contributed by atoms with Gasteiger partial charge in [0.1, 0.15) is 69.3 Å². The zero-order valence-corrected chi connectivity index (χ0v) is 67.0. The monoisotopic (exact) mass is 1750 g/mol. The van der Waals surface area contributed by atoms with Crippen LogP contribution < -0.4 is 18.9 Å². The van der Waals surface area contributed by atoms with Crippen LogP contribution in [0, 0.1) is 26.8 Å². The Bertz CT molecular complexity index is 6030. The summed E-state index contributed by atoms with van der Waals surface area (Å²) in [7, 11) is 9.84. The number of aromatic amines is 1. The topological polar surface area (TPSA) is 185 Å². The number of aromatic nitrogens is 4. The molecule has 0 unspecified atom stereocenters. The number of thiol groups is 1. The van der Waals surface area contributed by atoms with Crippen LogP contribution in [0.3, 0.4) is 0 Å². The Kier molecular flexibility index (Phi) is 29.2. The number of H-pyrrole nitrogens is 1. The number of methoxy groups -OCH3 is 4. The van der Waals surface area contributed by atoms with Crippen molar-refractivity contribution < 1.29 is 74.6 Å². The van der Waals surface area contributed by atoms with Gasteiger partial charge in [-0.25, -0.2) is 36.7 Å². The number of halogens is 6. The molecule has 0 saturated heterocycles. The first-order valence-corrected chi connectivity index (χ1v) is 37.5. The van der Waals surface area contributed by atoms with Gasteiger partial charge in [-0.05, 0) is 305 Å². The van der Waals surface area contributed by atoms with E-state index in [2.05, 4.69) is 79.6 Å². The first-order chi connectivity index (χ1) is 56.3. The second-order valence-electron chi connectivity index (χ2n) is 24.7. The molecule has 581 valence electrons. The van der Waals surface area contributed by atoms with Crippen LogP contribution in [-0.4, -0.2) is 78.6 Å². The van der Waals surface area contributed by atoms with Crippen molar-refractivity contribution in [2.24, 2.45) is 4.30 Å². The molecule has 12 aromatic carbocycles. The fourth-order valence-electron chi connectivity index (χ4n) is 12.0. The van der Waals surface area contributed by atoms with Gasteiger partial charge in [0.25, 0.3) is 0 Å². The Balaban J connectivity index is 0.000000145. The molecule has 0 atom stereocenters. The maximum absolute atomic E-state index is 13.1. The number of carbonyl (C=O) groups excluding carboxylic acids is 4. The zero-order chi connectivity index (χ0) is 82.2. The van der Waals surface area contributed by atoms with Crippen LogP contribution >= 0.6 is 51.3 Å². The molecule has 0 saturated carbocycles. The number of esters is 4. The molecule has 17 nitrogen and oxygen atoms in total. The van der Waals surface area contributed by atoms with Crippen molar-refractivity contribution in [1.82, 2.24) is 18.7 Å². The number of hydrogen-bond donors (Lipinski definition) is 2. The predicted molar refractivity (Wildman–Crippen MR) is 457 cm³/mol. The summed E-state index contributed by atoms with van der Waals surface area (Å²) in [5, 5.41) is 3.38. The van der Waals surface area contributed by atoms with E-state index in [4.69, 9.17) is 33.2 Å². The quantitative estimate of drug-likeness (QED) is 0.0167. The Labute approximate surface area is 692 Å². The molecule has 0 spiro atoms. The minimum atomic E-state index is -0.382. The number of fused-ring (bicyclic) bond motifs is 4. The summed E-state index contributed by atoms with van der Waals surface area (Å²) < 4.78 is 104. The van der Waals surface area contributed by atoms with E-state index in [0.717, 1.165) is 80.0 Å². The van der Waals surface area contributed by atoms with Crippen molar-refractivity contribution in [3.05, 3.63) is 376 Å². The van der Waals surface area contributed by atoms with Crippen molar-refractivity contribution in [2.75, 3.05) is 28.4 Å². The van der Waals surface area contributed by atoms with E-state index in [1.165, 1.54) is 77.0 Å². The van der Waals surface area contributed by atoms with Crippen molar-refractivity contribution in [3.63, 3.8) is 0 Å². The standard InChI is InChI=1S/C25H20FNO3.C22H15BrFNO3.C22H16FNO3.C12H8FIO.C10H9NO2.BHNS/c1-3-5-17-16-27(23-7-4-6-22(24(17)23)25(28)29-2)19-10-14-21(15-11-19)30-20-12-8-18(26)9-13-20;1-27-22(26)18-3-2-4-20-21(18)19(23)13-25(20)15-7-11-17(12-8-15)28-16-9-5-14(24)6-10-16;1-26-22(25)20-3-2-4-21-19(20)13-14-24(21)16-7-11-18(12-8-16)27-17-9-5-15(23)6-10-17;13-9-1-5-11(6-2-9)15-12-7-3-10(14)4-8-12;1-13-10(12)8-3-2-4-9-7(8)5-6-11-9;1-2-3/h3-4,6-16H,1,5H2,2H3;2-13H,1H3;2-14H,1H3;1-8H;2-6,11H,1H3;3H. The molecular formula is C91H69BBrF4IN5O12S. The number of nitrogens with one attached hydrogen (secondary N) is 1. The van der Waals surface area contributed by atoms with Gasteiger partial charge in [0.05, 0.1) is 67.2 Å². The van der Waals surface area contributed by atoms with Gasteiger partial charge in [-0.15, -0.1) is 6.58 Å². The molecule has 1 radical (unpaired) electrons. The normalized spacial score (nSPS) is 10.4. The first kappa shape index (κ1) is 83.7. The van der Waals surface area contributed by atoms with E-state index in [9.17, 15) is 36.7 Å². The van der Waals surface area contributed by atoms with E-state index < -0.39 is 0 Å².